The van der Waals surface area contributed by atoms with E-state index in [4.69, 9.17) is 23.2 Å². The Hall–Kier alpha value is -2.86. The van der Waals surface area contributed by atoms with Crippen molar-refractivity contribution in [3.8, 4) is 0 Å². The molecule has 0 saturated heterocycles. The molecule has 3 aromatic carbocycles. The predicted octanol–water partition coefficient (Wildman–Crippen LogP) is 6.12. The van der Waals surface area contributed by atoms with Crippen molar-refractivity contribution in [1.82, 2.24) is 9.88 Å². The van der Waals surface area contributed by atoms with Crippen molar-refractivity contribution in [3.63, 3.8) is 0 Å². The van der Waals surface area contributed by atoms with Gasteiger partial charge in [-0.05, 0) is 41.5 Å². The highest BCUT2D eigenvalue weighted by molar-refractivity contribution is 6.31. The normalized spacial score (nSPS) is 11.2. The van der Waals surface area contributed by atoms with Crippen molar-refractivity contribution in [2.24, 2.45) is 0 Å². The van der Waals surface area contributed by atoms with E-state index in [0.29, 0.717) is 29.2 Å². The lowest BCUT2D eigenvalue weighted by atomic mass is 10.1. The molecule has 0 saturated carbocycles. The SMILES string of the molecule is O=C(O)c1c(CNCc2ccc(Cl)cc2)c2ccccc2n1Cc1ccc(F)cc1Cl. The van der Waals surface area contributed by atoms with Gasteiger partial charge >= 0.3 is 5.97 Å². The average molecular weight is 457 g/mol. The molecule has 31 heavy (non-hydrogen) atoms. The smallest absolute Gasteiger partial charge is 0.352 e. The van der Waals surface area contributed by atoms with Gasteiger partial charge in [0.05, 0.1) is 0 Å². The Bertz CT molecular complexity index is 1250. The monoisotopic (exact) mass is 456 g/mol. The van der Waals surface area contributed by atoms with Gasteiger partial charge in [-0.15, -0.1) is 0 Å². The Labute approximate surface area is 188 Å². The Balaban J connectivity index is 1.70. The maximum Gasteiger partial charge on any atom is 0.352 e. The van der Waals surface area contributed by atoms with Crippen molar-refractivity contribution in [3.05, 3.63) is 105 Å². The number of carbonyl (C=O) groups is 1. The average Bonchev–Trinajstić information content (AvgIpc) is 3.05. The molecule has 158 valence electrons. The van der Waals surface area contributed by atoms with Gasteiger partial charge in [0, 0.05) is 46.1 Å². The molecule has 4 nitrogen and oxygen atoms in total. The van der Waals surface area contributed by atoms with E-state index in [1.165, 1.54) is 12.1 Å². The minimum absolute atomic E-state index is 0.185. The summed E-state index contributed by atoms with van der Waals surface area (Å²) in [5, 5.41) is 15.1. The zero-order chi connectivity index (χ0) is 22.0. The fourth-order valence-electron chi connectivity index (χ4n) is 3.72. The first-order chi connectivity index (χ1) is 14.9. The van der Waals surface area contributed by atoms with Gasteiger partial charge in [-0.25, -0.2) is 9.18 Å². The summed E-state index contributed by atoms with van der Waals surface area (Å²) in [6, 6.07) is 19.1. The Morgan fingerprint density at radius 2 is 1.74 bits per heavy atom. The highest BCUT2D eigenvalue weighted by atomic mass is 35.5. The van der Waals surface area contributed by atoms with Gasteiger partial charge in [-0.3, -0.25) is 0 Å². The molecule has 0 unspecified atom stereocenters. The molecule has 2 N–H and O–H groups in total. The van der Waals surface area contributed by atoms with Crippen LogP contribution in [0.1, 0.15) is 27.2 Å². The fraction of sp³-hybridized carbons (Fsp3) is 0.125. The van der Waals surface area contributed by atoms with Crippen molar-refractivity contribution < 1.29 is 14.3 Å². The molecule has 0 fully saturated rings. The molecule has 0 aliphatic rings. The van der Waals surface area contributed by atoms with Crippen LogP contribution in [-0.4, -0.2) is 15.6 Å². The minimum Gasteiger partial charge on any atom is -0.477 e. The number of carboxylic acids is 1. The number of benzene rings is 3. The van der Waals surface area contributed by atoms with Gasteiger partial charge in [0.2, 0.25) is 0 Å². The zero-order valence-electron chi connectivity index (χ0n) is 16.4. The first-order valence-electron chi connectivity index (χ1n) is 9.66. The second-order valence-corrected chi connectivity index (χ2v) is 8.04. The van der Waals surface area contributed by atoms with Crippen LogP contribution in [0.25, 0.3) is 10.9 Å². The molecule has 0 atom stereocenters. The summed E-state index contributed by atoms with van der Waals surface area (Å²) in [7, 11) is 0. The molecular weight excluding hydrogens is 438 g/mol. The van der Waals surface area contributed by atoms with E-state index in [2.05, 4.69) is 5.32 Å². The third-order valence-electron chi connectivity index (χ3n) is 5.17. The van der Waals surface area contributed by atoms with Gasteiger partial charge in [0.1, 0.15) is 11.5 Å². The molecule has 0 radical (unpaired) electrons. The highest BCUT2D eigenvalue weighted by Gasteiger charge is 2.22. The van der Waals surface area contributed by atoms with Crippen LogP contribution in [0.5, 0.6) is 0 Å². The number of carboxylic acid groups (broad SMARTS) is 1. The summed E-state index contributed by atoms with van der Waals surface area (Å²) in [5.74, 6) is -1.46. The Kier molecular flexibility index (Phi) is 6.28. The number of aromatic carboxylic acids is 1. The molecule has 4 rings (SSSR count). The molecule has 7 heteroatoms. The molecule has 0 aliphatic carbocycles. The summed E-state index contributed by atoms with van der Waals surface area (Å²) in [5.41, 5.74) is 3.35. The highest BCUT2D eigenvalue weighted by Crippen LogP contribution is 2.29. The summed E-state index contributed by atoms with van der Waals surface area (Å²) in [6.45, 7) is 1.16. The van der Waals surface area contributed by atoms with Crippen molar-refractivity contribution in [2.75, 3.05) is 0 Å². The second kappa shape index (κ2) is 9.10. The number of nitrogens with one attached hydrogen (secondary N) is 1. The van der Waals surface area contributed by atoms with Crippen LogP contribution in [0, 0.1) is 5.82 Å². The van der Waals surface area contributed by atoms with Crippen LogP contribution in [0.15, 0.2) is 66.7 Å². The van der Waals surface area contributed by atoms with Crippen LogP contribution >= 0.6 is 23.2 Å². The lowest BCUT2D eigenvalue weighted by Gasteiger charge is -2.11. The minimum atomic E-state index is -1.03. The summed E-state index contributed by atoms with van der Waals surface area (Å²) < 4.78 is 15.2. The lowest BCUT2D eigenvalue weighted by molar-refractivity contribution is 0.0684. The maximum absolute atomic E-state index is 13.5. The van der Waals surface area contributed by atoms with Gasteiger partial charge in [-0.2, -0.15) is 0 Å². The van der Waals surface area contributed by atoms with Crippen LogP contribution in [-0.2, 0) is 19.6 Å². The summed E-state index contributed by atoms with van der Waals surface area (Å²) in [4.78, 5) is 12.3. The first kappa shape index (κ1) is 21.4. The number of aromatic nitrogens is 1. The van der Waals surface area contributed by atoms with Crippen LogP contribution in [0.4, 0.5) is 4.39 Å². The molecule has 4 aromatic rings. The molecule has 0 bridgehead atoms. The molecule has 1 aromatic heterocycles. The van der Waals surface area contributed by atoms with Gasteiger partial charge in [0.25, 0.3) is 0 Å². The fourth-order valence-corrected chi connectivity index (χ4v) is 4.07. The van der Waals surface area contributed by atoms with E-state index in [9.17, 15) is 14.3 Å². The van der Waals surface area contributed by atoms with Gasteiger partial charge < -0.3 is 15.0 Å². The summed E-state index contributed by atoms with van der Waals surface area (Å²) >= 11 is 12.1. The molecule has 0 aliphatic heterocycles. The summed E-state index contributed by atoms with van der Waals surface area (Å²) in [6.07, 6.45) is 0. The standard InChI is InChI=1S/C24H19Cl2FN2O2/c25-17-8-5-15(6-9-17)12-28-13-20-19-3-1-2-4-22(19)29(23(20)24(30)31)14-16-7-10-18(27)11-21(16)26/h1-11,28H,12-14H2,(H,30,31). The van der Waals surface area contributed by atoms with Crippen LogP contribution in [0.3, 0.4) is 0 Å². The number of hydrogen-bond acceptors (Lipinski definition) is 2. The van der Waals surface area contributed by atoms with E-state index < -0.39 is 11.8 Å². The van der Waals surface area contributed by atoms with E-state index in [0.717, 1.165) is 16.5 Å². The Morgan fingerprint density at radius 3 is 2.45 bits per heavy atom. The van der Waals surface area contributed by atoms with Crippen molar-refractivity contribution in [1.29, 1.82) is 0 Å². The number of rotatable bonds is 7. The molecule has 0 spiro atoms. The maximum atomic E-state index is 13.5. The number of para-hydroxylation sites is 1. The number of nitrogens with zero attached hydrogens (tertiary/aromatic N) is 1. The number of halogens is 3. The van der Waals surface area contributed by atoms with Gasteiger partial charge in [-0.1, -0.05) is 59.6 Å². The van der Waals surface area contributed by atoms with E-state index in [1.54, 1.807) is 10.6 Å². The van der Waals surface area contributed by atoms with E-state index in [1.807, 2.05) is 48.5 Å². The largest absolute Gasteiger partial charge is 0.477 e. The Morgan fingerprint density at radius 1 is 1.00 bits per heavy atom. The third kappa shape index (κ3) is 4.59. The van der Waals surface area contributed by atoms with Crippen LogP contribution < -0.4 is 5.32 Å². The first-order valence-corrected chi connectivity index (χ1v) is 10.4. The third-order valence-corrected chi connectivity index (χ3v) is 5.77. The predicted molar refractivity (Wildman–Crippen MR) is 121 cm³/mol. The zero-order valence-corrected chi connectivity index (χ0v) is 17.9. The number of fused-ring (bicyclic) bond motifs is 1. The molecular formula is C24H19Cl2FN2O2. The van der Waals surface area contributed by atoms with Crippen LogP contribution in [0.2, 0.25) is 10.0 Å². The quantitative estimate of drug-likeness (QED) is 0.352. The van der Waals surface area contributed by atoms with E-state index in [-0.39, 0.29) is 17.3 Å². The second-order valence-electron chi connectivity index (χ2n) is 7.20. The van der Waals surface area contributed by atoms with E-state index >= 15 is 0 Å². The van der Waals surface area contributed by atoms with Crippen molar-refractivity contribution >= 4 is 40.1 Å². The van der Waals surface area contributed by atoms with Gasteiger partial charge in [0.15, 0.2) is 0 Å². The molecule has 0 amide bonds. The lowest BCUT2D eigenvalue weighted by Crippen LogP contribution is -2.17. The van der Waals surface area contributed by atoms with Crippen molar-refractivity contribution in [2.45, 2.75) is 19.6 Å². The number of hydrogen-bond donors (Lipinski definition) is 2. The molecule has 1 heterocycles. The topological polar surface area (TPSA) is 54.3 Å².